The first-order valence-corrected chi connectivity index (χ1v) is 10.0. The average molecular weight is 402 g/mol. The number of rotatable bonds is 8. The van der Waals surface area contributed by atoms with Crippen molar-refractivity contribution < 1.29 is 27.5 Å². The molecule has 146 valence electrons. The summed E-state index contributed by atoms with van der Waals surface area (Å²) >= 11 is 0. The molecular formula is C19H18N2O6S. The van der Waals surface area contributed by atoms with E-state index in [0.29, 0.717) is 17.0 Å². The summed E-state index contributed by atoms with van der Waals surface area (Å²) in [6.45, 7) is 1.05. The molecule has 0 saturated heterocycles. The van der Waals surface area contributed by atoms with E-state index in [1.54, 1.807) is 24.3 Å². The van der Waals surface area contributed by atoms with Crippen LogP contribution < -0.4 is 9.46 Å². The van der Waals surface area contributed by atoms with E-state index in [1.165, 1.54) is 31.2 Å². The molecule has 28 heavy (non-hydrogen) atoms. The van der Waals surface area contributed by atoms with Crippen LogP contribution in [0.5, 0.6) is 5.75 Å². The molecule has 1 atom stereocenters. The minimum atomic E-state index is -3.41. The van der Waals surface area contributed by atoms with Crippen LogP contribution in [-0.4, -0.2) is 39.1 Å². The predicted octanol–water partition coefficient (Wildman–Crippen LogP) is 2.12. The monoisotopic (exact) mass is 402 g/mol. The fourth-order valence-corrected chi connectivity index (χ4v) is 2.77. The number of ether oxygens (including phenoxy) is 2. The normalized spacial score (nSPS) is 11.8. The molecular weight excluding hydrogens is 384 g/mol. The summed E-state index contributed by atoms with van der Waals surface area (Å²) in [6, 6.07) is 13.9. The van der Waals surface area contributed by atoms with Crippen LogP contribution in [0.2, 0.25) is 0 Å². The Morgan fingerprint density at radius 3 is 2.25 bits per heavy atom. The predicted molar refractivity (Wildman–Crippen MR) is 101 cm³/mol. The number of nitrogens with zero attached hydrogens (tertiary/aromatic N) is 1. The second-order valence-electron chi connectivity index (χ2n) is 5.87. The maximum Gasteiger partial charge on any atom is 0.344 e. The fraction of sp³-hybridized carbons (Fsp3) is 0.211. The molecule has 2 aromatic carbocycles. The van der Waals surface area contributed by atoms with Crippen LogP contribution in [0, 0.1) is 11.3 Å². The summed E-state index contributed by atoms with van der Waals surface area (Å²) in [5.74, 6) is -0.762. The maximum atomic E-state index is 12.3. The Morgan fingerprint density at radius 1 is 1.11 bits per heavy atom. The summed E-state index contributed by atoms with van der Waals surface area (Å²) in [5, 5.41) is 8.73. The van der Waals surface area contributed by atoms with Crippen LogP contribution >= 0.6 is 0 Å². The minimum absolute atomic E-state index is 0.271. The minimum Gasteiger partial charge on any atom is -0.482 e. The highest BCUT2D eigenvalue weighted by molar-refractivity contribution is 7.92. The molecule has 0 saturated carbocycles. The molecule has 0 fully saturated rings. The third kappa shape index (κ3) is 6.41. The van der Waals surface area contributed by atoms with Crippen LogP contribution in [-0.2, 0) is 19.6 Å². The van der Waals surface area contributed by atoms with Gasteiger partial charge in [0.15, 0.2) is 12.7 Å². The molecule has 2 rings (SSSR count). The number of benzene rings is 2. The highest BCUT2D eigenvalue weighted by Gasteiger charge is 2.20. The maximum absolute atomic E-state index is 12.3. The van der Waals surface area contributed by atoms with Crippen molar-refractivity contribution in [1.29, 1.82) is 5.26 Å². The van der Waals surface area contributed by atoms with Gasteiger partial charge in [0.05, 0.1) is 17.9 Å². The zero-order chi connectivity index (χ0) is 20.7. The molecule has 0 aliphatic carbocycles. The van der Waals surface area contributed by atoms with Crippen LogP contribution in [0.25, 0.3) is 0 Å². The molecule has 1 N–H and O–H groups in total. The van der Waals surface area contributed by atoms with Gasteiger partial charge in [-0.1, -0.05) is 0 Å². The zero-order valence-corrected chi connectivity index (χ0v) is 16.0. The van der Waals surface area contributed by atoms with E-state index in [-0.39, 0.29) is 12.2 Å². The van der Waals surface area contributed by atoms with Gasteiger partial charge in [0.1, 0.15) is 5.75 Å². The van der Waals surface area contributed by atoms with Crippen LogP contribution in [0.3, 0.4) is 0 Å². The van der Waals surface area contributed by atoms with Crippen molar-refractivity contribution in [3.8, 4) is 11.8 Å². The number of Topliss-reactive ketones (excluding diaryl/α,β-unsaturated/α-hetero) is 1. The van der Waals surface area contributed by atoms with Gasteiger partial charge in [0, 0.05) is 11.3 Å². The summed E-state index contributed by atoms with van der Waals surface area (Å²) in [5.41, 5.74) is 1.05. The first-order chi connectivity index (χ1) is 13.2. The number of ketones is 1. The van der Waals surface area contributed by atoms with E-state index in [1.807, 2.05) is 6.07 Å². The molecule has 0 unspecified atom stereocenters. The number of carbonyl (C=O) groups is 2. The molecule has 0 aromatic heterocycles. The Kier molecular flexibility index (Phi) is 6.74. The fourth-order valence-electron chi connectivity index (χ4n) is 2.20. The zero-order valence-electron chi connectivity index (χ0n) is 15.2. The van der Waals surface area contributed by atoms with Crippen molar-refractivity contribution in [2.75, 3.05) is 17.6 Å². The smallest absolute Gasteiger partial charge is 0.344 e. The summed E-state index contributed by atoms with van der Waals surface area (Å²) in [4.78, 5) is 24.2. The van der Waals surface area contributed by atoms with Crippen molar-refractivity contribution in [2.45, 2.75) is 13.0 Å². The van der Waals surface area contributed by atoms with Crippen molar-refractivity contribution in [1.82, 2.24) is 0 Å². The number of anilines is 1. The number of nitriles is 1. The Labute approximate surface area is 162 Å². The molecule has 0 bridgehead atoms. The van der Waals surface area contributed by atoms with Crippen LogP contribution in [0.1, 0.15) is 22.8 Å². The quantitative estimate of drug-likeness (QED) is 0.530. The van der Waals surface area contributed by atoms with Gasteiger partial charge >= 0.3 is 5.97 Å². The first-order valence-electron chi connectivity index (χ1n) is 8.12. The Morgan fingerprint density at radius 2 is 1.71 bits per heavy atom. The number of hydrogen-bond acceptors (Lipinski definition) is 7. The lowest BCUT2D eigenvalue weighted by Crippen LogP contribution is -2.27. The SMILES string of the molecule is C[C@@H](OC(=O)COc1ccc(C#N)cc1)C(=O)c1ccc(NS(C)(=O)=O)cc1. The van der Waals surface area contributed by atoms with Gasteiger partial charge in [-0.05, 0) is 55.5 Å². The lowest BCUT2D eigenvalue weighted by Gasteiger charge is -2.13. The Hall–Kier alpha value is -3.38. The molecule has 8 nitrogen and oxygen atoms in total. The van der Waals surface area contributed by atoms with Gasteiger partial charge < -0.3 is 9.47 Å². The van der Waals surface area contributed by atoms with Crippen LogP contribution in [0.4, 0.5) is 5.69 Å². The molecule has 0 aliphatic rings. The average Bonchev–Trinajstić information content (AvgIpc) is 2.65. The number of sulfonamides is 1. The molecule has 0 spiro atoms. The van der Waals surface area contributed by atoms with E-state index >= 15 is 0 Å². The van der Waals surface area contributed by atoms with Gasteiger partial charge in [-0.25, -0.2) is 13.2 Å². The second kappa shape index (κ2) is 9.01. The number of esters is 1. The van der Waals surface area contributed by atoms with Gasteiger partial charge in [0.25, 0.3) is 0 Å². The standard InChI is InChI=1S/C19H18N2O6S/c1-13(19(23)15-5-7-16(8-6-15)21-28(2,24)25)27-18(22)12-26-17-9-3-14(11-20)4-10-17/h3-10,13,21H,12H2,1-2H3/t13-/m1/s1. The third-order valence-electron chi connectivity index (χ3n) is 3.49. The highest BCUT2D eigenvalue weighted by atomic mass is 32.2. The first kappa shape index (κ1) is 20.9. The highest BCUT2D eigenvalue weighted by Crippen LogP contribution is 2.14. The van der Waals surface area contributed by atoms with E-state index < -0.39 is 27.9 Å². The van der Waals surface area contributed by atoms with E-state index in [4.69, 9.17) is 14.7 Å². The molecule has 0 aliphatic heterocycles. The molecule has 0 radical (unpaired) electrons. The lowest BCUT2D eigenvalue weighted by atomic mass is 10.1. The molecule has 0 heterocycles. The van der Waals surface area contributed by atoms with Crippen molar-refractivity contribution in [3.63, 3.8) is 0 Å². The summed E-state index contributed by atoms with van der Waals surface area (Å²) < 4.78 is 35.0. The van der Waals surface area contributed by atoms with Gasteiger partial charge in [-0.3, -0.25) is 9.52 Å². The van der Waals surface area contributed by atoms with Crippen LogP contribution in [0.15, 0.2) is 48.5 Å². The number of nitrogens with one attached hydrogen (secondary N) is 1. The van der Waals surface area contributed by atoms with Gasteiger partial charge in [-0.15, -0.1) is 0 Å². The summed E-state index contributed by atoms with van der Waals surface area (Å²) in [7, 11) is -3.41. The van der Waals surface area contributed by atoms with E-state index in [9.17, 15) is 18.0 Å². The largest absolute Gasteiger partial charge is 0.482 e. The van der Waals surface area contributed by atoms with Crippen molar-refractivity contribution >= 4 is 27.5 Å². The number of carbonyl (C=O) groups excluding carboxylic acids is 2. The van der Waals surface area contributed by atoms with Crippen molar-refractivity contribution in [2.24, 2.45) is 0 Å². The third-order valence-corrected chi connectivity index (χ3v) is 4.10. The molecule has 2 aromatic rings. The lowest BCUT2D eigenvalue weighted by molar-refractivity contribution is -0.148. The van der Waals surface area contributed by atoms with Crippen molar-refractivity contribution in [3.05, 3.63) is 59.7 Å². The van der Waals surface area contributed by atoms with Gasteiger partial charge in [-0.2, -0.15) is 5.26 Å². The molecule has 9 heteroatoms. The second-order valence-corrected chi connectivity index (χ2v) is 7.62. The van der Waals surface area contributed by atoms with Gasteiger partial charge in [0.2, 0.25) is 15.8 Å². The Balaban J connectivity index is 1.88. The Bertz CT molecular complexity index is 992. The van der Waals surface area contributed by atoms with E-state index in [0.717, 1.165) is 6.26 Å². The number of hydrogen-bond donors (Lipinski definition) is 1. The summed E-state index contributed by atoms with van der Waals surface area (Å²) in [6.07, 6.45) is -0.0149. The molecule has 0 amide bonds. The van der Waals surface area contributed by atoms with E-state index in [2.05, 4.69) is 4.72 Å². The topological polar surface area (TPSA) is 123 Å².